The van der Waals surface area contributed by atoms with E-state index in [9.17, 15) is 24.0 Å². The van der Waals surface area contributed by atoms with Crippen LogP contribution in [0.15, 0.2) is 97.1 Å². The monoisotopic (exact) mass is 635 g/mol. The summed E-state index contributed by atoms with van der Waals surface area (Å²) in [5.41, 5.74) is 2.05. The van der Waals surface area contributed by atoms with Crippen LogP contribution >= 0.6 is 0 Å². The van der Waals surface area contributed by atoms with Gasteiger partial charge in [0.1, 0.15) is 7.28 Å². The van der Waals surface area contributed by atoms with E-state index in [1.807, 2.05) is 57.3 Å². The molecular formula is C34H41BN2O6V-. The molecule has 2 aliphatic heterocycles. The van der Waals surface area contributed by atoms with Gasteiger partial charge in [0, 0.05) is 38.2 Å². The number of ether oxygens (including phenoxy) is 1. The Kier molecular flexibility index (Phi) is 22.2. The SMILES string of the molecule is CC=CC(=O)OCC.CCN1C(=O)c2ccccc2C1=O.CN1C(=O)c2ccccc2C1=O.C[B]C.[CH3-].[V].c1ccccc1. The Morgan fingerprint density at radius 2 is 1.02 bits per heavy atom. The number of carbonyl (C=O) groups is 5. The van der Waals surface area contributed by atoms with Gasteiger partial charge in [-0.2, -0.15) is 0 Å². The van der Waals surface area contributed by atoms with E-state index in [0.717, 1.165) is 4.90 Å². The number of fused-ring (bicyclic) bond motifs is 2. The third kappa shape index (κ3) is 12.6. The Labute approximate surface area is 274 Å². The van der Waals surface area contributed by atoms with Gasteiger partial charge in [0.05, 0.1) is 28.9 Å². The van der Waals surface area contributed by atoms with Crippen molar-refractivity contribution in [3.8, 4) is 0 Å². The Balaban J connectivity index is 0. The molecule has 0 bridgehead atoms. The van der Waals surface area contributed by atoms with Gasteiger partial charge < -0.3 is 12.2 Å². The summed E-state index contributed by atoms with van der Waals surface area (Å²) >= 11 is 0. The van der Waals surface area contributed by atoms with Crippen molar-refractivity contribution >= 4 is 36.9 Å². The van der Waals surface area contributed by atoms with Crippen LogP contribution in [0.5, 0.6) is 0 Å². The van der Waals surface area contributed by atoms with Gasteiger partial charge in [-0.3, -0.25) is 29.0 Å². The summed E-state index contributed by atoms with van der Waals surface area (Å²) in [5.74, 6) is -1.05. The van der Waals surface area contributed by atoms with Crippen LogP contribution in [0.1, 0.15) is 62.2 Å². The first-order valence-electron chi connectivity index (χ1n) is 13.6. The molecule has 2 radical (unpaired) electrons. The molecular weight excluding hydrogens is 594 g/mol. The molecule has 8 nitrogen and oxygen atoms in total. The fraction of sp³-hybridized carbons (Fsp3) is 0.235. The number of hydrogen-bond donors (Lipinski definition) is 0. The van der Waals surface area contributed by atoms with Crippen molar-refractivity contribution in [2.45, 2.75) is 34.4 Å². The third-order valence-corrected chi connectivity index (χ3v) is 5.45. The number of esters is 1. The van der Waals surface area contributed by atoms with E-state index in [1.54, 1.807) is 75.4 Å². The van der Waals surface area contributed by atoms with Crippen LogP contribution in [0, 0.1) is 7.43 Å². The van der Waals surface area contributed by atoms with E-state index in [1.165, 1.54) is 18.0 Å². The summed E-state index contributed by atoms with van der Waals surface area (Å²) in [7, 11) is 3.49. The first-order chi connectivity index (χ1) is 20.2. The van der Waals surface area contributed by atoms with Gasteiger partial charge in [-0.25, -0.2) is 4.79 Å². The van der Waals surface area contributed by atoms with Crippen LogP contribution in [0.3, 0.4) is 0 Å². The van der Waals surface area contributed by atoms with E-state index in [4.69, 9.17) is 0 Å². The van der Waals surface area contributed by atoms with E-state index in [-0.39, 0.29) is 55.6 Å². The van der Waals surface area contributed by atoms with Gasteiger partial charge in [0.25, 0.3) is 23.6 Å². The Morgan fingerprint density at radius 1 is 0.705 bits per heavy atom. The van der Waals surface area contributed by atoms with Crippen molar-refractivity contribution in [1.29, 1.82) is 0 Å². The summed E-state index contributed by atoms with van der Waals surface area (Å²) in [5, 5.41) is 0. The van der Waals surface area contributed by atoms with Gasteiger partial charge in [0.15, 0.2) is 0 Å². The number of rotatable bonds is 3. The maximum Gasteiger partial charge on any atom is 0.330 e. The summed E-state index contributed by atoms with van der Waals surface area (Å²) in [6, 6.07) is 25.7. The van der Waals surface area contributed by atoms with E-state index in [2.05, 4.69) is 4.74 Å². The number of carbonyl (C=O) groups excluding carboxylic acids is 5. The van der Waals surface area contributed by atoms with Crippen molar-refractivity contribution in [3.63, 3.8) is 0 Å². The average molecular weight is 635 g/mol. The molecule has 0 N–H and O–H groups in total. The van der Waals surface area contributed by atoms with E-state index >= 15 is 0 Å². The van der Waals surface area contributed by atoms with Gasteiger partial charge in [0.2, 0.25) is 0 Å². The summed E-state index contributed by atoms with van der Waals surface area (Å²) in [4.78, 5) is 58.4. The molecule has 44 heavy (non-hydrogen) atoms. The zero-order chi connectivity index (χ0) is 31.5. The van der Waals surface area contributed by atoms with Gasteiger partial charge >= 0.3 is 5.97 Å². The second-order valence-corrected chi connectivity index (χ2v) is 8.60. The first-order valence-corrected chi connectivity index (χ1v) is 13.6. The first kappa shape index (κ1) is 41.9. The largest absolute Gasteiger partial charge is 0.463 e. The molecule has 0 spiro atoms. The van der Waals surface area contributed by atoms with Crippen LogP contribution < -0.4 is 0 Å². The van der Waals surface area contributed by atoms with Crippen LogP contribution in [0.25, 0.3) is 0 Å². The molecule has 2 heterocycles. The standard InChI is InChI=1S/C10H9NO2.C9H7NO2.C6H10O2.C6H6.C2H6B.CH3.V/c1-2-11-9(12)7-5-3-4-6-8(7)10(11)13;1-10-8(11)6-4-2-3-5-7(6)9(10)12;1-3-5-6(7)8-4-2;1-2-4-6-5-3-1;1-3-2;;/h3-6H,2H2,1H3;2-5H,1H3;3,5H,4H2,1-2H3;1-6H;1-2H3;1H3;/q;;;;;-1;. The minimum Gasteiger partial charge on any atom is -0.463 e. The summed E-state index contributed by atoms with van der Waals surface area (Å²) in [6.45, 7) is 10.2. The molecule has 0 unspecified atom stereocenters. The molecule has 4 amide bonds. The topological polar surface area (TPSA) is 101 Å². The summed E-state index contributed by atoms with van der Waals surface area (Å²) < 4.78 is 4.56. The average Bonchev–Trinajstić information content (AvgIpc) is 3.39. The maximum atomic E-state index is 11.5. The molecule has 0 aliphatic carbocycles. The van der Waals surface area contributed by atoms with Crippen molar-refractivity contribution in [1.82, 2.24) is 9.80 Å². The van der Waals surface area contributed by atoms with Gasteiger partial charge in [-0.15, -0.1) is 0 Å². The molecule has 2 aliphatic rings. The van der Waals surface area contributed by atoms with Gasteiger partial charge in [-0.1, -0.05) is 80.4 Å². The van der Waals surface area contributed by atoms with Crippen molar-refractivity contribution < 1.29 is 47.3 Å². The van der Waals surface area contributed by atoms with Crippen LogP contribution in [0.2, 0.25) is 13.6 Å². The number of amides is 4. The minimum atomic E-state index is -0.269. The fourth-order valence-corrected chi connectivity index (χ4v) is 3.55. The molecule has 3 aromatic carbocycles. The minimum absolute atomic E-state index is 0. The van der Waals surface area contributed by atoms with Crippen molar-refractivity contribution in [2.75, 3.05) is 20.2 Å². The van der Waals surface area contributed by atoms with Crippen LogP contribution in [-0.2, 0) is 28.1 Å². The van der Waals surface area contributed by atoms with E-state index in [0.29, 0.717) is 35.4 Å². The van der Waals surface area contributed by atoms with Gasteiger partial charge in [-0.05, 0) is 45.0 Å². The molecule has 0 saturated carbocycles. The van der Waals surface area contributed by atoms with Crippen LogP contribution in [0.4, 0.5) is 0 Å². The van der Waals surface area contributed by atoms with E-state index < -0.39 is 0 Å². The molecule has 10 heteroatoms. The molecule has 0 saturated heterocycles. The quantitative estimate of drug-likeness (QED) is 0.111. The molecule has 0 fully saturated rings. The Morgan fingerprint density at radius 3 is 1.30 bits per heavy atom. The molecule has 0 aromatic heterocycles. The maximum absolute atomic E-state index is 11.5. The zero-order valence-electron chi connectivity index (χ0n) is 26.5. The van der Waals surface area contributed by atoms with Crippen molar-refractivity contribution in [2.24, 2.45) is 0 Å². The number of imide groups is 2. The number of benzene rings is 3. The summed E-state index contributed by atoms with van der Waals surface area (Å²) in [6.07, 6.45) is 3.04. The number of hydrogen-bond acceptors (Lipinski definition) is 6. The Hall–Kier alpha value is -4.20. The van der Waals surface area contributed by atoms with Crippen LogP contribution in [-0.4, -0.2) is 66.9 Å². The zero-order valence-corrected chi connectivity index (χ0v) is 27.9. The third-order valence-electron chi connectivity index (χ3n) is 5.45. The molecule has 0 atom stereocenters. The molecule has 232 valence electrons. The smallest absolute Gasteiger partial charge is 0.330 e. The predicted molar refractivity (Wildman–Crippen MR) is 172 cm³/mol. The second-order valence-electron chi connectivity index (χ2n) is 8.60. The fourth-order valence-electron chi connectivity index (χ4n) is 3.55. The number of nitrogens with zero attached hydrogens (tertiary/aromatic N) is 2. The molecule has 5 rings (SSSR count). The normalized spacial score (nSPS) is 11.8. The second kappa shape index (κ2) is 23.3. The number of allylic oxidation sites excluding steroid dienone is 1. The Bertz CT molecular complexity index is 1270. The van der Waals surface area contributed by atoms with Crippen molar-refractivity contribution in [3.05, 3.63) is 127 Å². The predicted octanol–water partition coefficient (Wildman–Crippen LogP) is 6.26. The molecule has 3 aromatic rings.